The average Bonchev–Trinajstić information content (AvgIpc) is 2.03. The van der Waals surface area contributed by atoms with E-state index in [0.717, 1.165) is 5.33 Å². The zero-order chi connectivity index (χ0) is 8.69. The van der Waals surface area contributed by atoms with E-state index in [1.54, 1.807) is 0 Å². The first kappa shape index (κ1) is 11.4. The molecule has 0 aliphatic heterocycles. The highest BCUT2D eigenvalue weighted by Gasteiger charge is 2.05. The molecule has 0 amide bonds. The maximum Gasteiger partial charge on any atom is 0.0185 e. The number of hydrogen-bond donors (Lipinski definition) is 0. The molecule has 0 aliphatic rings. The quantitative estimate of drug-likeness (QED) is 0.493. The second-order valence-corrected chi connectivity index (χ2v) is 3.84. The van der Waals surface area contributed by atoms with Gasteiger partial charge in [0.15, 0.2) is 0 Å². The van der Waals surface area contributed by atoms with E-state index in [9.17, 15) is 0 Å². The molecule has 1 unspecified atom stereocenters. The third kappa shape index (κ3) is 5.68. The number of halogens is 1. The lowest BCUT2D eigenvalue weighted by molar-refractivity contribution is 0.273. The molecule has 0 aromatic heterocycles. The lowest BCUT2D eigenvalue weighted by Gasteiger charge is -2.22. The Kier molecular flexibility index (Phi) is 7.39. The van der Waals surface area contributed by atoms with Crippen LogP contribution in [0.2, 0.25) is 0 Å². The molecule has 11 heavy (non-hydrogen) atoms. The van der Waals surface area contributed by atoms with Gasteiger partial charge in [-0.2, -0.15) is 0 Å². The van der Waals surface area contributed by atoms with Crippen LogP contribution in [0, 0.1) is 0 Å². The summed E-state index contributed by atoms with van der Waals surface area (Å²) in [6.07, 6.45) is 4.01. The van der Waals surface area contributed by atoms with E-state index in [4.69, 9.17) is 0 Å². The lowest BCUT2D eigenvalue weighted by Crippen LogP contribution is -2.31. The number of nitrogens with zero attached hydrogens (tertiary/aromatic N) is 1. The smallest absolute Gasteiger partial charge is 0.0185 e. The van der Waals surface area contributed by atoms with Gasteiger partial charge in [0.2, 0.25) is 0 Å². The van der Waals surface area contributed by atoms with Crippen molar-refractivity contribution in [3.63, 3.8) is 0 Å². The third-order valence-corrected chi connectivity index (χ3v) is 3.03. The maximum atomic E-state index is 3.48. The van der Waals surface area contributed by atoms with Crippen LogP contribution >= 0.6 is 15.9 Å². The summed E-state index contributed by atoms with van der Waals surface area (Å²) in [5.74, 6) is 0. The largest absolute Gasteiger partial charge is 0.303 e. The summed E-state index contributed by atoms with van der Waals surface area (Å²) in [5, 5.41) is 1.08. The Bertz CT molecular complexity index is 85.6. The van der Waals surface area contributed by atoms with Gasteiger partial charge in [-0.3, -0.25) is 0 Å². The Labute approximate surface area is 79.3 Å². The number of rotatable bonds is 6. The fraction of sp³-hybridized carbons (Fsp3) is 1.00. The molecule has 68 valence electrons. The van der Waals surface area contributed by atoms with Crippen LogP contribution in [0.5, 0.6) is 0 Å². The summed E-state index contributed by atoms with van der Waals surface area (Å²) in [5.41, 5.74) is 0. The van der Waals surface area contributed by atoms with Crippen LogP contribution in [0.1, 0.15) is 33.1 Å². The summed E-state index contributed by atoms with van der Waals surface area (Å²) in [7, 11) is 2.20. The Morgan fingerprint density at radius 1 is 1.36 bits per heavy atom. The van der Waals surface area contributed by atoms with Gasteiger partial charge in [-0.05, 0) is 26.9 Å². The highest BCUT2D eigenvalue weighted by atomic mass is 79.9. The maximum absolute atomic E-state index is 3.48. The highest BCUT2D eigenvalue weighted by molar-refractivity contribution is 9.09. The molecule has 0 saturated heterocycles. The van der Waals surface area contributed by atoms with Crippen molar-refractivity contribution in [3.05, 3.63) is 0 Å². The van der Waals surface area contributed by atoms with Gasteiger partial charge in [0.1, 0.15) is 0 Å². The topological polar surface area (TPSA) is 3.24 Å². The van der Waals surface area contributed by atoms with Crippen molar-refractivity contribution >= 4 is 15.9 Å². The zero-order valence-corrected chi connectivity index (χ0v) is 9.52. The minimum Gasteiger partial charge on any atom is -0.303 e. The van der Waals surface area contributed by atoms with Gasteiger partial charge in [-0.25, -0.2) is 0 Å². The van der Waals surface area contributed by atoms with Crippen LogP contribution < -0.4 is 0 Å². The van der Waals surface area contributed by atoms with E-state index in [2.05, 4.69) is 41.7 Å². The Balaban J connectivity index is 3.28. The SMILES string of the molecule is CCCCCN(C)C(C)CBr. The Morgan fingerprint density at radius 2 is 2.00 bits per heavy atom. The van der Waals surface area contributed by atoms with E-state index in [1.807, 2.05) is 0 Å². The number of alkyl halides is 1. The molecule has 0 aliphatic carbocycles. The van der Waals surface area contributed by atoms with Gasteiger partial charge in [0.25, 0.3) is 0 Å². The fourth-order valence-electron chi connectivity index (χ4n) is 0.949. The summed E-state index contributed by atoms with van der Waals surface area (Å²) < 4.78 is 0. The van der Waals surface area contributed by atoms with Crippen LogP contribution in [0.3, 0.4) is 0 Å². The van der Waals surface area contributed by atoms with Gasteiger partial charge >= 0.3 is 0 Å². The highest BCUT2D eigenvalue weighted by Crippen LogP contribution is 2.02. The fourth-order valence-corrected chi connectivity index (χ4v) is 1.44. The van der Waals surface area contributed by atoms with Crippen LogP contribution in [-0.2, 0) is 0 Å². The van der Waals surface area contributed by atoms with E-state index < -0.39 is 0 Å². The average molecular weight is 222 g/mol. The number of unbranched alkanes of at least 4 members (excludes halogenated alkanes) is 2. The van der Waals surface area contributed by atoms with Crippen molar-refractivity contribution in [1.29, 1.82) is 0 Å². The summed E-state index contributed by atoms with van der Waals surface area (Å²) in [6, 6.07) is 0.673. The van der Waals surface area contributed by atoms with Crippen LogP contribution in [-0.4, -0.2) is 29.9 Å². The lowest BCUT2D eigenvalue weighted by atomic mass is 10.2. The predicted molar refractivity (Wildman–Crippen MR) is 55.4 cm³/mol. The molecule has 0 N–H and O–H groups in total. The minimum atomic E-state index is 0.673. The van der Waals surface area contributed by atoms with Gasteiger partial charge in [-0.1, -0.05) is 35.7 Å². The van der Waals surface area contributed by atoms with E-state index in [1.165, 1.54) is 25.8 Å². The second-order valence-electron chi connectivity index (χ2n) is 3.19. The standard InChI is InChI=1S/C9H20BrN/c1-4-5-6-7-11(3)9(2)8-10/h9H,4-8H2,1-3H3. The summed E-state index contributed by atoms with van der Waals surface area (Å²) in [4.78, 5) is 2.41. The van der Waals surface area contributed by atoms with Crippen molar-refractivity contribution < 1.29 is 0 Å². The summed E-state index contributed by atoms with van der Waals surface area (Å²) in [6.45, 7) is 5.73. The first-order valence-corrected chi connectivity index (χ1v) is 5.60. The molecule has 1 nitrogen and oxygen atoms in total. The van der Waals surface area contributed by atoms with E-state index >= 15 is 0 Å². The zero-order valence-electron chi connectivity index (χ0n) is 7.94. The third-order valence-electron chi connectivity index (χ3n) is 2.09. The van der Waals surface area contributed by atoms with Gasteiger partial charge in [0, 0.05) is 11.4 Å². The Morgan fingerprint density at radius 3 is 2.45 bits per heavy atom. The van der Waals surface area contributed by atoms with Crippen molar-refractivity contribution in [2.75, 3.05) is 18.9 Å². The van der Waals surface area contributed by atoms with E-state index in [0.29, 0.717) is 6.04 Å². The molecule has 0 rings (SSSR count). The second kappa shape index (κ2) is 7.11. The predicted octanol–water partition coefficient (Wildman–Crippen LogP) is 2.89. The van der Waals surface area contributed by atoms with Crippen LogP contribution in [0.15, 0.2) is 0 Å². The molecule has 0 fully saturated rings. The molecule has 2 heteroatoms. The van der Waals surface area contributed by atoms with Crippen LogP contribution in [0.4, 0.5) is 0 Å². The first-order chi connectivity index (χ1) is 5.22. The van der Waals surface area contributed by atoms with Gasteiger partial charge < -0.3 is 4.90 Å². The van der Waals surface area contributed by atoms with Crippen LogP contribution in [0.25, 0.3) is 0 Å². The molecular weight excluding hydrogens is 202 g/mol. The summed E-state index contributed by atoms with van der Waals surface area (Å²) >= 11 is 3.48. The van der Waals surface area contributed by atoms with Gasteiger partial charge in [-0.15, -0.1) is 0 Å². The monoisotopic (exact) mass is 221 g/mol. The number of hydrogen-bond acceptors (Lipinski definition) is 1. The van der Waals surface area contributed by atoms with Crippen molar-refractivity contribution in [3.8, 4) is 0 Å². The molecular formula is C9H20BrN. The van der Waals surface area contributed by atoms with Gasteiger partial charge in [0.05, 0.1) is 0 Å². The normalized spacial score (nSPS) is 13.9. The first-order valence-electron chi connectivity index (χ1n) is 4.48. The Hall–Kier alpha value is 0.440. The van der Waals surface area contributed by atoms with Crippen molar-refractivity contribution in [2.24, 2.45) is 0 Å². The molecule has 0 spiro atoms. The molecule has 1 atom stereocenters. The van der Waals surface area contributed by atoms with Crippen molar-refractivity contribution in [1.82, 2.24) is 4.90 Å². The van der Waals surface area contributed by atoms with Crippen molar-refractivity contribution in [2.45, 2.75) is 39.2 Å². The minimum absolute atomic E-state index is 0.673. The molecule has 0 aromatic carbocycles. The molecule has 0 aromatic rings. The molecule has 0 radical (unpaired) electrons. The van der Waals surface area contributed by atoms with E-state index in [-0.39, 0.29) is 0 Å². The molecule has 0 heterocycles. The molecule has 0 bridgehead atoms. The molecule has 0 saturated carbocycles.